The smallest absolute Gasteiger partial charge is 0.408 e. The number of aromatic nitrogens is 2. The molecule has 12 heteroatoms. The molecule has 0 saturated carbocycles. The molecule has 3 amide bonds. The van der Waals surface area contributed by atoms with Gasteiger partial charge in [-0.1, -0.05) is 70.2 Å². The number of Topliss-reactive ketones (excluding diaryl/α,β-unsaturated/α-hetero) is 1. The van der Waals surface area contributed by atoms with Gasteiger partial charge in [0.05, 0.1) is 12.5 Å². The highest BCUT2D eigenvalue weighted by Gasteiger charge is 2.40. The summed E-state index contributed by atoms with van der Waals surface area (Å²) in [6, 6.07) is 14.5. The Kier molecular flexibility index (Phi) is 11.5. The van der Waals surface area contributed by atoms with Gasteiger partial charge in [0.1, 0.15) is 18.7 Å². The highest BCUT2D eigenvalue weighted by Crippen LogP contribution is 2.22. The Morgan fingerprint density at radius 2 is 1.59 bits per heavy atom. The van der Waals surface area contributed by atoms with Crippen LogP contribution in [-0.4, -0.2) is 77.6 Å². The van der Waals surface area contributed by atoms with Crippen LogP contribution in [0, 0.1) is 11.8 Å². The van der Waals surface area contributed by atoms with Gasteiger partial charge in [0, 0.05) is 26.3 Å². The molecule has 0 spiro atoms. The van der Waals surface area contributed by atoms with E-state index in [1.54, 1.807) is 0 Å². The predicted molar refractivity (Wildman–Crippen MR) is 172 cm³/mol. The molecule has 0 aliphatic carbocycles. The number of alkyl carbamates (subject to hydrolysis) is 1. The average Bonchev–Trinajstić information content (AvgIpc) is 3.72. The van der Waals surface area contributed by atoms with Crippen molar-refractivity contribution in [1.82, 2.24) is 25.7 Å². The first-order chi connectivity index (χ1) is 21.9. The molecule has 2 heterocycles. The third kappa shape index (κ3) is 8.70. The van der Waals surface area contributed by atoms with E-state index in [0.29, 0.717) is 25.8 Å². The van der Waals surface area contributed by atoms with E-state index < -0.39 is 35.9 Å². The topological polar surface area (TPSA) is 147 Å². The molecule has 2 N–H and O–H groups in total. The van der Waals surface area contributed by atoms with Crippen molar-refractivity contribution in [2.75, 3.05) is 25.5 Å². The van der Waals surface area contributed by atoms with Crippen molar-refractivity contribution in [1.29, 1.82) is 0 Å². The van der Waals surface area contributed by atoms with Crippen LogP contribution in [0.3, 0.4) is 0 Å². The number of carbonyl (C=O) groups excluding carboxylic acids is 4. The number of nitrogens with zero attached hydrogens (tertiary/aromatic N) is 4. The summed E-state index contributed by atoms with van der Waals surface area (Å²) in [6.07, 6.45) is 0.676. The number of rotatable bonds is 13. The van der Waals surface area contributed by atoms with E-state index in [1.165, 1.54) is 4.90 Å². The number of hydrogen-bond donors (Lipinski definition) is 2. The summed E-state index contributed by atoms with van der Waals surface area (Å²) in [7, 11) is 3.92. The Labute approximate surface area is 269 Å². The second-order valence-electron chi connectivity index (χ2n) is 12.5. The van der Waals surface area contributed by atoms with Crippen LogP contribution in [-0.2, 0) is 27.4 Å². The Bertz CT molecular complexity index is 1490. The summed E-state index contributed by atoms with van der Waals surface area (Å²) in [5.41, 5.74) is 2.83. The standard InChI is InChI=1S/C34H44N6O6/c1-21(2)28(30(41)32-38-37-27(46-32)19-23-14-16-25(17-15-23)39(5)6)35-31(42)26-13-10-18-40(26)33(43)29(22(3)4)36-34(44)45-20-24-11-8-7-9-12-24/h7-9,11-12,14-17,21-22,26,28-29H,10,13,18-20H2,1-6H3,(H,35,42)(H,36,44)/t26-,28-,29-/m0/s1. The summed E-state index contributed by atoms with van der Waals surface area (Å²) < 4.78 is 11.0. The minimum absolute atomic E-state index is 0.0659. The molecule has 1 aromatic heterocycles. The molecule has 2 aromatic carbocycles. The normalized spacial score (nSPS) is 15.8. The predicted octanol–water partition coefficient (Wildman–Crippen LogP) is 3.99. The highest BCUT2D eigenvalue weighted by molar-refractivity contribution is 6.00. The summed E-state index contributed by atoms with van der Waals surface area (Å²) in [5, 5.41) is 13.5. The van der Waals surface area contributed by atoms with Crippen molar-refractivity contribution >= 4 is 29.4 Å². The van der Waals surface area contributed by atoms with Gasteiger partial charge in [0.2, 0.25) is 23.5 Å². The lowest BCUT2D eigenvalue weighted by atomic mass is 9.98. The lowest BCUT2D eigenvalue weighted by molar-refractivity contribution is -0.141. The number of hydrogen-bond acceptors (Lipinski definition) is 9. The van der Waals surface area contributed by atoms with E-state index in [4.69, 9.17) is 9.15 Å². The zero-order valence-electron chi connectivity index (χ0n) is 27.4. The number of ketones is 1. The van der Waals surface area contributed by atoms with Crippen LogP contribution in [0.25, 0.3) is 0 Å². The number of anilines is 1. The second-order valence-corrected chi connectivity index (χ2v) is 12.5. The number of amides is 3. The quantitative estimate of drug-likeness (QED) is 0.267. The Balaban J connectivity index is 1.38. The van der Waals surface area contributed by atoms with Crippen LogP contribution >= 0.6 is 0 Å². The van der Waals surface area contributed by atoms with Gasteiger partial charge in [-0.05, 0) is 47.9 Å². The number of ether oxygens (including phenoxy) is 1. The van der Waals surface area contributed by atoms with Crippen LogP contribution in [0.4, 0.5) is 10.5 Å². The number of carbonyl (C=O) groups is 4. The molecule has 246 valence electrons. The maximum absolute atomic E-state index is 13.7. The monoisotopic (exact) mass is 632 g/mol. The Morgan fingerprint density at radius 1 is 0.913 bits per heavy atom. The van der Waals surface area contributed by atoms with Crippen molar-refractivity contribution in [3.8, 4) is 0 Å². The third-order valence-corrected chi connectivity index (χ3v) is 7.99. The number of benzene rings is 2. The summed E-state index contributed by atoms with van der Waals surface area (Å²) in [6.45, 7) is 7.67. The zero-order chi connectivity index (χ0) is 33.4. The third-order valence-electron chi connectivity index (χ3n) is 7.99. The van der Waals surface area contributed by atoms with Crippen molar-refractivity contribution < 1.29 is 28.3 Å². The fourth-order valence-electron chi connectivity index (χ4n) is 5.32. The van der Waals surface area contributed by atoms with E-state index in [0.717, 1.165) is 16.8 Å². The Hall–Kier alpha value is -4.74. The SMILES string of the molecule is CC(C)[C@H](NC(=O)[C@@H]1CCCN1C(=O)[C@@H](NC(=O)OCc1ccccc1)C(C)C)C(=O)c1nnc(Cc2ccc(N(C)C)cc2)o1. The van der Waals surface area contributed by atoms with Gasteiger partial charge < -0.3 is 29.6 Å². The van der Waals surface area contributed by atoms with Crippen LogP contribution in [0.15, 0.2) is 59.0 Å². The Morgan fingerprint density at radius 3 is 2.22 bits per heavy atom. The van der Waals surface area contributed by atoms with Crippen molar-refractivity contribution in [3.63, 3.8) is 0 Å². The number of nitrogens with one attached hydrogen (secondary N) is 2. The largest absolute Gasteiger partial charge is 0.445 e. The first kappa shape index (κ1) is 34.1. The number of likely N-dealkylation sites (tertiary alicyclic amines) is 1. The summed E-state index contributed by atoms with van der Waals surface area (Å²) in [4.78, 5) is 56.8. The van der Waals surface area contributed by atoms with Crippen molar-refractivity contribution in [2.45, 2.75) is 71.7 Å². The fraction of sp³-hybridized carbons (Fsp3) is 0.471. The second kappa shape index (κ2) is 15.5. The van der Waals surface area contributed by atoms with Crippen LogP contribution in [0.1, 0.15) is 68.2 Å². The van der Waals surface area contributed by atoms with E-state index in [2.05, 4.69) is 20.8 Å². The lowest BCUT2D eigenvalue weighted by Gasteiger charge is -2.31. The van der Waals surface area contributed by atoms with Gasteiger partial charge in [-0.2, -0.15) is 0 Å². The van der Waals surface area contributed by atoms with Gasteiger partial charge in [0.15, 0.2) is 0 Å². The fourth-order valence-corrected chi connectivity index (χ4v) is 5.32. The van der Waals surface area contributed by atoms with Gasteiger partial charge in [-0.15, -0.1) is 10.2 Å². The van der Waals surface area contributed by atoms with Gasteiger partial charge in [-0.3, -0.25) is 14.4 Å². The summed E-state index contributed by atoms with van der Waals surface area (Å²) >= 11 is 0. The van der Waals surface area contributed by atoms with Gasteiger partial charge >= 0.3 is 6.09 Å². The maximum Gasteiger partial charge on any atom is 0.408 e. The van der Waals surface area contributed by atoms with Gasteiger partial charge in [-0.25, -0.2) is 4.79 Å². The van der Waals surface area contributed by atoms with Crippen LogP contribution in [0.2, 0.25) is 0 Å². The van der Waals surface area contributed by atoms with Crippen molar-refractivity contribution in [3.05, 3.63) is 77.5 Å². The molecule has 1 fully saturated rings. The summed E-state index contributed by atoms with van der Waals surface area (Å²) in [5.74, 6) is -1.77. The minimum atomic E-state index is -0.940. The van der Waals surface area contributed by atoms with Crippen LogP contribution < -0.4 is 15.5 Å². The molecule has 3 aromatic rings. The van der Waals surface area contributed by atoms with E-state index in [1.807, 2.05) is 101 Å². The van der Waals surface area contributed by atoms with E-state index in [-0.39, 0.29) is 36.1 Å². The first-order valence-corrected chi connectivity index (χ1v) is 15.7. The molecule has 1 saturated heterocycles. The highest BCUT2D eigenvalue weighted by atomic mass is 16.5. The molecule has 4 rings (SSSR count). The average molecular weight is 633 g/mol. The molecule has 1 aliphatic rings. The molecular formula is C34H44N6O6. The zero-order valence-corrected chi connectivity index (χ0v) is 27.4. The molecule has 0 bridgehead atoms. The maximum atomic E-state index is 13.7. The van der Waals surface area contributed by atoms with Crippen molar-refractivity contribution in [2.24, 2.45) is 11.8 Å². The molecule has 12 nitrogen and oxygen atoms in total. The lowest BCUT2D eigenvalue weighted by Crippen LogP contribution is -2.57. The molecular weight excluding hydrogens is 588 g/mol. The van der Waals surface area contributed by atoms with Crippen LogP contribution in [0.5, 0.6) is 0 Å². The minimum Gasteiger partial charge on any atom is -0.445 e. The first-order valence-electron chi connectivity index (χ1n) is 15.7. The molecule has 0 unspecified atom stereocenters. The molecule has 3 atom stereocenters. The van der Waals surface area contributed by atoms with E-state index in [9.17, 15) is 19.2 Å². The molecule has 1 aliphatic heterocycles. The van der Waals surface area contributed by atoms with Gasteiger partial charge in [0.25, 0.3) is 5.89 Å². The van der Waals surface area contributed by atoms with E-state index >= 15 is 0 Å². The molecule has 46 heavy (non-hydrogen) atoms. The molecule has 0 radical (unpaired) electrons.